The number of methoxy groups -OCH3 is 1. The summed E-state index contributed by atoms with van der Waals surface area (Å²) in [7, 11) is 3.45. The van der Waals surface area contributed by atoms with Crippen LogP contribution in [0.1, 0.15) is 0 Å². The molecule has 0 saturated carbocycles. The zero-order valence-corrected chi connectivity index (χ0v) is 15.8. The second-order valence-corrected chi connectivity index (χ2v) is 6.76. The number of aromatic nitrogens is 3. The molecule has 1 amide bonds. The molecular formula is C18H17ClN4O2S. The van der Waals surface area contributed by atoms with Gasteiger partial charge in [-0.25, -0.2) is 0 Å². The first kappa shape index (κ1) is 18.3. The van der Waals surface area contributed by atoms with E-state index in [-0.39, 0.29) is 11.7 Å². The lowest BCUT2D eigenvalue weighted by atomic mass is 10.2. The first-order valence-electron chi connectivity index (χ1n) is 7.79. The average Bonchev–Trinajstić information content (AvgIpc) is 3.01. The normalized spacial score (nSPS) is 10.6. The molecule has 0 spiro atoms. The summed E-state index contributed by atoms with van der Waals surface area (Å²) in [6.07, 6.45) is 0. The van der Waals surface area contributed by atoms with E-state index in [0.29, 0.717) is 21.7 Å². The average molecular weight is 389 g/mol. The Kier molecular flexibility index (Phi) is 5.80. The topological polar surface area (TPSA) is 69.0 Å². The minimum Gasteiger partial charge on any atom is -0.497 e. The molecule has 0 unspecified atom stereocenters. The lowest BCUT2D eigenvalue weighted by molar-refractivity contribution is -0.113. The number of benzene rings is 2. The van der Waals surface area contributed by atoms with Crippen molar-refractivity contribution in [3.05, 3.63) is 53.6 Å². The van der Waals surface area contributed by atoms with Gasteiger partial charge in [0.1, 0.15) is 5.75 Å². The van der Waals surface area contributed by atoms with Gasteiger partial charge >= 0.3 is 0 Å². The Labute approximate surface area is 160 Å². The van der Waals surface area contributed by atoms with E-state index in [1.807, 2.05) is 29.8 Å². The molecule has 0 aliphatic heterocycles. The van der Waals surface area contributed by atoms with Gasteiger partial charge in [-0.2, -0.15) is 0 Å². The highest BCUT2D eigenvalue weighted by atomic mass is 35.5. The highest BCUT2D eigenvalue weighted by Gasteiger charge is 2.14. The lowest BCUT2D eigenvalue weighted by Gasteiger charge is -2.07. The number of halogens is 1. The predicted octanol–water partition coefficient (Wildman–Crippen LogP) is 3.87. The number of carbonyl (C=O) groups excluding carboxylic acids is 1. The van der Waals surface area contributed by atoms with E-state index in [4.69, 9.17) is 16.3 Å². The second kappa shape index (κ2) is 8.25. The molecule has 0 bridgehead atoms. The van der Waals surface area contributed by atoms with Gasteiger partial charge in [0.15, 0.2) is 11.0 Å². The van der Waals surface area contributed by atoms with Crippen molar-refractivity contribution in [1.82, 2.24) is 14.8 Å². The molecule has 0 saturated heterocycles. The van der Waals surface area contributed by atoms with Crippen LogP contribution in [0.3, 0.4) is 0 Å². The zero-order chi connectivity index (χ0) is 18.5. The van der Waals surface area contributed by atoms with Gasteiger partial charge in [0.05, 0.1) is 17.9 Å². The van der Waals surface area contributed by atoms with Crippen molar-refractivity contribution in [2.24, 2.45) is 7.05 Å². The third kappa shape index (κ3) is 4.17. The van der Waals surface area contributed by atoms with Crippen LogP contribution in [0.25, 0.3) is 11.4 Å². The van der Waals surface area contributed by atoms with Crippen molar-refractivity contribution in [2.45, 2.75) is 5.16 Å². The molecule has 1 aromatic heterocycles. The van der Waals surface area contributed by atoms with Crippen LogP contribution in [0.2, 0.25) is 5.02 Å². The summed E-state index contributed by atoms with van der Waals surface area (Å²) in [5, 5.41) is 12.4. The van der Waals surface area contributed by atoms with Gasteiger partial charge in [0.2, 0.25) is 5.91 Å². The van der Waals surface area contributed by atoms with E-state index in [0.717, 1.165) is 11.3 Å². The number of nitrogens with one attached hydrogen (secondary N) is 1. The number of anilines is 1. The highest BCUT2D eigenvalue weighted by Crippen LogP contribution is 2.28. The molecule has 1 heterocycles. The third-order valence-electron chi connectivity index (χ3n) is 3.66. The van der Waals surface area contributed by atoms with E-state index in [1.54, 1.807) is 37.4 Å². The molecule has 3 rings (SSSR count). The van der Waals surface area contributed by atoms with Crippen LogP contribution < -0.4 is 10.1 Å². The largest absolute Gasteiger partial charge is 0.497 e. The summed E-state index contributed by atoms with van der Waals surface area (Å²) < 4.78 is 6.92. The van der Waals surface area contributed by atoms with Crippen LogP contribution in [0, 0.1) is 0 Å². The first-order chi connectivity index (χ1) is 12.6. The van der Waals surface area contributed by atoms with Crippen molar-refractivity contribution in [3.8, 4) is 17.1 Å². The van der Waals surface area contributed by atoms with Gasteiger partial charge in [-0.05, 0) is 36.4 Å². The van der Waals surface area contributed by atoms with Crippen LogP contribution >= 0.6 is 23.4 Å². The van der Waals surface area contributed by atoms with E-state index >= 15 is 0 Å². The molecule has 3 aromatic rings. The van der Waals surface area contributed by atoms with Crippen LogP contribution in [-0.4, -0.2) is 33.5 Å². The number of carbonyl (C=O) groups is 1. The summed E-state index contributed by atoms with van der Waals surface area (Å²) in [6, 6.07) is 14.6. The summed E-state index contributed by atoms with van der Waals surface area (Å²) in [6.45, 7) is 0. The summed E-state index contributed by atoms with van der Waals surface area (Å²) in [5.41, 5.74) is 1.52. The Bertz CT molecular complexity index is 912. The van der Waals surface area contributed by atoms with E-state index < -0.39 is 0 Å². The minimum absolute atomic E-state index is 0.123. The Balaban J connectivity index is 1.63. The quantitative estimate of drug-likeness (QED) is 0.649. The number of hydrogen-bond acceptors (Lipinski definition) is 5. The molecule has 0 aliphatic rings. The van der Waals surface area contributed by atoms with E-state index in [9.17, 15) is 4.79 Å². The molecular weight excluding hydrogens is 372 g/mol. The van der Waals surface area contributed by atoms with Crippen molar-refractivity contribution in [2.75, 3.05) is 18.2 Å². The van der Waals surface area contributed by atoms with Gasteiger partial charge in [-0.1, -0.05) is 35.5 Å². The van der Waals surface area contributed by atoms with Crippen LogP contribution in [0.5, 0.6) is 5.75 Å². The van der Waals surface area contributed by atoms with Crippen LogP contribution in [0.4, 0.5) is 5.69 Å². The summed E-state index contributed by atoms with van der Waals surface area (Å²) in [5.74, 6) is 1.50. The molecule has 2 aromatic carbocycles. The van der Waals surface area contributed by atoms with Gasteiger partial charge in [-0.3, -0.25) is 4.79 Å². The lowest BCUT2D eigenvalue weighted by Crippen LogP contribution is -2.14. The highest BCUT2D eigenvalue weighted by molar-refractivity contribution is 7.99. The third-order valence-corrected chi connectivity index (χ3v) is 5.01. The Morgan fingerprint density at radius 2 is 1.92 bits per heavy atom. The summed E-state index contributed by atoms with van der Waals surface area (Å²) >= 11 is 7.53. The van der Waals surface area contributed by atoms with Gasteiger partial charge in [0, 0.05) is 18.3 Å². The Morgan fingerprint density at radius 3 is 2.62 bits per heavy atom. The maximum absolute atomic E-state index is 12.1. The zero-order valence-electron chi connectivity index (χ0n) is 14.3. The molecule has 26 heavy (non-hydrogen) atoms. The molecule has 0 radical (unpaired) electrons. The molecule has 0 aliphatic carbocycles. The fraction of sp³-hybridized carbons (Fsp3) is 0.167. The number of rotatable bonds is 6. The number of hydrogen-bond donors (Lipinski definition) is 1. The van der Waals surface area contributed by atoms with Gasteiger partial charge in [0.25, 0.3) is 0 Å². The van der Waals surface area contributed by atoms with Crippen LogP contribution in [-0.2, 0) is 11.8 Å². The van der Waals surface area contributed by atoms with Crippen molar-refractivity contribution >= 4 is 35.0 Å². The fourth-order valence-corrected chi connectivity index (χ4v) is 3.25. The Hall–Kier alpha value is -2.51. The van der Waals surface area contributed by atoms with E-state index in [2.05, 4.69) is 15.5 Å². The molecule has 0 fully saturated rings. The number of amides is 1. The Morgan fingerprint density at radius 1 is 1.19 bits per heavy atom. The van der Waals surface area contributed by atoms with Crippen LogP contribution in [0.15, 0.2) is 53.7 Å². The van der Waals surface area contributed by atoms with Crippen molar-refractivity contribution < 1.29 is 9.53 Å². The maximum Gasteiger partial charge on any atom is 0.234 e. The van der Waals surface area contributed by atoms with Gasteiger partial charge < -0.3 is 14.6 Å². The van der Waals surface area contributed by atoms with E-state index in [1.165, 1.54) is 11.8 Å². The standard InChI is InChI=1S/C18H17ClN4O2S/c1-23-17(14-5-3-4-6-15(14)19)21-22-18(23)26-11-16(24)20-12-7-9-13(25-2)10-8-12/h3-10H,11H2,1-2H3,(H,20,24). The van der Waals surface area contributed by atoms with Crippen molar-refractivity contribution in [1.29, 1.82) is 0 Å². The smallest absolute Gasteiger partial charge is 0.234 e. The molecule has 8 heteroatoms. The molecule has 0 atom stereocenters. The van der Waals surface area contributed by atoms with Gasteiger partial charge in [-0.15, -0.1) is 10.2 Å². The second-order valence-electron chi connectivity index (χ2n) is 5.41. The number of ether oxygens (including phenoxy) is 1. The van der Waals surface area contributed by atoms with Crippen molar-refractivity contribution in [3.63, 3.8) is 0 Å². The number of nitrogens with zero attached hydrogens (tertiary/aromatic N) is 3. The summed E-state index contributed by atoms with van der Waals surface area (Å²) in [4.78, 5) is 12.1. The fourth-order valence-electron chi connectivity index (χ4n) is 2.32. The predicted molar refractivity (Wildman–Crippen MR) is 104 cm³/mol. The monoisotopic (exact) mass is 388 g/mol. The maximum atomic E-state index is 12.1. The molecule has 6 nitrogen and oxygen atoms in total. The number of thioether (sulfide) groups is 1. The molecule has 134 valence electrons. The first-order valence-corrected chi connectivity index (χ1v) is 9.16. The minimum atomic E-state index is -0.123. The molecule has 1 N–H and O–H groups in total. The SMILES string of the molecule is COc1ccc(NC(=O)CSc2nnc(-c3ccccc3Cl)n2C)cc1.